The topological polar surface area (TPSA) is 83.6 Å². The van der Waals surface area contributed by atoms with Crippen LogP contribution in [0.1, 0.15) is 30.5 Å². The van der Waals surface area contributed by atoms with E-state index in [-0.39, 0.29) is 18.4 Å². The molecule has 0 saturated heterocycles. The summed E-state index contributed by atoms with van der Waals surface area (Å²) >= 11 is 0. The standard InChI is InChI=1S/C14H18N2O3/c1-9(15)8-12(17)16-7-6-10-4-2-3-5-11(10)13(16)14(18)19/h2-5,9,13H,6-8,15H2,1H3,(H,18,19). The maximum atomic E-state index is 12.1. The lowest BCUT2D eigenvalue weighted by molar-refractivity contribution is -0.151. The highest BCUT2D eigenvalue weighted by atomic mass is 16.4. The van der Waals surface area contributed by atoms with Gasteiger partial charge in [0.05, 0.1) is 0 Å². The van der Waals surface area contributed by atoms with Gasteiger partial charge in [0.15, 0.2) is 6.04 Å². The number of carboxylic acid groups (broad SMARTS) is 1. The summed E-state index contributed by atoms with van der Waals surface area (Å²) in [4.78, 5) is 25.0. The Balaban J connectivity index is 2.32. The Labute approximate surface area is 112 Å². The van der Waals surface area contributed by atoms with Crippen LogP contribution < -0.4 is 5.73 Å². The number of carboxylic acids is 1. The zero-order valence-corrected chi connectivity index (χ0v) is 10.9. The molecule has 1 aliphatic rings. The minimum atomic E-state index is -0.995. The van der Waals surface area contributed by atoms with Gasteiger partial charge in [0.1, 0.15) is 0 Å². The molecule has 1 aromatic carbocycles. The summed E-state index contributed by atoms with van der Waals surface area (Å²) in [5.74, 6) is -1.19. The van der Waals surface area contributed by atoms with Crippen molar-refractivity contribution in [2.24, 2.45) is 5.73 Å². The average Bonchev–Trinajstić information content (AvgIpc) is 2.36. The second-order valence-electron chi connectivity index (χ2n) is 4.96. The van der Waals surface area contributed by atoms with Gasteiger partial charge < -0.3 is 15.7 Å². The molecule has 1 amide bonds. The summed E-state index contributed by atoms with van der Waals surface area (Å²) in [7, 11) is 0. The molecule has 2 rings (SSSR count). The van der Waals surface area contributed by atoms with Crippen molar-refractivity contribution in [3.8, 4) is 0 Å². The summed E-state index contributed by atoms with van der Waals surface area (Å²) < 4.78 is 0. The molecule has 102 valence electrons. The van der Waals surface area contributed by atoms with Gasteiger partial charge in [0.25, 0.3) is 0 Å². The van der Waals surface area contributed by atoms with Gasteiger partial charge in [-0.1, -0.05) is 24.3 Å². The predicted molar refractivity (Wildman–Crippen MR) is 70.5 cm³/mol. The summed E-state index contributed by atoms with van der Waals surface area (Å²) in [6.07, 6.45) is 0.858. The predicted octanol–water partition coefficient (Wildman–Crippen LogP) is 0.934. The number of carbonyl (C=O) groups is 2. The Hall–Kier alpha value is -1.88. The molecular formula is C14H18N2O3. The van der Waals surface area contributed by atoms with E-state index >= 15 is 0 Å². The molecule has 0 spiro atoms. The maximum absolute atomic E-state index is 12.1. The highest BCUT2D eigenvalue weighted by Gasteiger charge is 2.35. The van der Waals surface area contributed by atoms with Gasteiger partial charge in [-0.3, -0.25) is 4.79 Å². The van der Waals surface area contributed by atoms with Crippen LogP contribution in [0, 0.1) is 0 Å². The van der Waals surface area contributed by atoms with Crippen molar-refractivity contribution in [1.29, 1.82) is 0 Å². The largest absolute Gasteiger partial charge is 0.479 e. The molecule has 1 aliphatic heterocycles. The number of carbonyl (C=O) groups excluding carboxylic acids is 1. The first-order chi connectivity index (χ1) is 9.00. The van der Waals surface area contributed by atoms with E-state index in [2.05, 4.69) is 0 Å². The fourth-order valence-corrected chi connectivity index (χ4v) is 2.49. The molecule has 2 atom stereocenters. The number of aliphatic carboxylic acids is 1. The molecule has 0 radical (unpaired) electrons. The summed E-state index contributed by atoms with van der Waals surface area (Å²) in [5, 5.41) is 9.41. The van der Waals surface area contributed by atoms with Gasteiger partial charge in [0, 0.05) is 19.0 Å². The van der Waals surface area contributed by atoms with Crippen LogP contribution in [-0.2, 0) is 16.0 Å². The van der Waals surface area contributed by atoms with Gasteiger partial charge in [-0.25, -0.2) is 4.79 Å². The summed E-state index contributed by atoms with van der Waals surface area (Å²) in [6.45, 7) is 2.17. The number of nitrogens with two attached hydrogens (primary N) is 1. The number of amides is 1. The van der Waals surface area contributed by atoms with Crippen LogP contribution in [0.2, 0.25) is 0 Å². The minimum absolute atomic E-state index is 0.173. The van der Waals surface area contributed by atoms with Crippen LogP contribution in [0.5, 0.6) is 0 Å². The Morgan fingerprint density at radius 2 is 2.16 bits per heavy atom. The quantitative estimate of drug-likeness (QED) is 0.849. The van der Waals surface area contributed by atoms with E-state index in [0.717, 1.165) is 5.56 Å². The number of hydrogen-bond acceptors (Lipinski definition) is 3. The van der Waals surface area contributed by atoms with Gasteiger partial charge in [-0.15, -0.1) is 0 Å². The molecule has 0 aromatic heterocycles. The molecule has 0 fully saturated rings. The lowest BCUT2D eigenvalue weighted by Crippen LogP contribution is -2.44. The van der Waals surface area contributed by atoms with E-state index in [4.69, 9.17) is 5.73 Å². The highest BCUT2D eigenvalue weighted by molar-refractivity contribution is 5.85. The SMILES string of the molecule is CC(N)CC(=O)N1CCc2ccccc2C1C(=O)O. The van der Waals surface area contributed by atoms with Crippen LogP contribution in [0.25, 0.3) is 0 Å². The van der Waals surface area contributed by atoms with Crippen molar-refractivity contribution in [2.75, 3.05) is 6.54 Å². The third-order valence-corrected chi connectivity index (χ3v) is 3.33. The van der Waals surface area contributed by atoms with Crippen LogP contribution in [0.3, 0.4) is 0 Å². The number of nitrogens with zero attached hydrogens (tertiary/aromatic N) is 1. The van der Waals surface area contributed by atoms with Crippen molar-refractivity contribution in [2.45, 2.75) is 31.8 Å². The van der Waals surface area contributed by atoms with E-state index in [0.29, 0.717) is 18.5 Å². The lowest BCUT2D eigenvalue weighted by atomic mass is 9.92. The van der Waals surface area contributed by atoms with Crippen molar-refractivity contribution < 1.29 is 14.7 Å². The van der Waals surface area contributed by atoms with Crippen LogP contribution in [0.15, 0.2) is 24.3 Å². The number of hydrogen-bond donors (Lipinski definition) is 2. The molecule has 2 unspecified atom stereocenters. The number of fused-ring (bicyclic) bond motifs is 1. The summed E-state index contributed by atoms with van der Waals surface area (Å²) in [5.41, 5.74) is 7.33. The molecule has 0 aliphatic carbocycles. The molecule has 5 nitrogen and oxygen atoms in total. The molecule has 1 aromatic rings. The third kappa shape index (κ3) is 2.76. The Bertz CT molecular complexity index is 499. The van der Waals surface area contributed by atoms with Crippen molar-refractivity contribution in [3.05, 3.63) is 35.4 Å². The maximum Gasteiger partial charge on any atom is 0.331 e. The second-order valence-corrected chi connectivity index (χ2v) is 4.96. The van der Waals surface area contributed by atoms with Gasteiger partial charge in [0.2, 0.25) is 5.91 Å². The fraction of sp³-hybridized carbons (Fsp3) is 0.429. The van der Waals surface area contributed by atoms with Crippen molar-refractivity contribution >= 4 is 11.9 Å². The monoisotopic (exact) mass is 262 g/mol. The average molecular weight is 262 g/mol. The molecule has 1 heterocycles. The first-order valence-electron chi connectivity index (χ1n) is 6.36. The smallest absolute Gasteiger partial charge is 0.331 e. The number of rotatable bonds is 3. The fourth-order valence-electron chi connectivity index (χ4n) is 2.49. The van der Waals surface area contributed by atoms with Crippen LogP contribution >= 0.6 is 0 Å². The van der Waals surface area contributed by atoms with E-state index in [1.165, 1.54) is 4.90 Å². The Morgan fingerprint density at radius 3 is 2.79 bits per heavy atom. The lowest BCUT2D eigenvalue weighted by Gasteiger charge is -2.35. The van der Waals surface area contributed by atoms with Crippen molar-refractivity contribution in [1.82, 2.24) is 4.90 Å². The zero-order chi connectivity index (χ0) is 14.0. The van der Waals surface area contributed by atoms with Gasteiger partial charge >= 0.3 is 5.97 Å². The first-order valence-corrected chi connectivity index (χ1v) is 6.36. The van der Waals surface area contributed by atoms with Gasteiger partial charge in [-0.05, 0) is 24.5 Å². The highest BCUT2D eigenvalue weighted by Crippen LogP contribution is 2.30. The zero-order valence-electron chi connectivity index (χ0n) is 10.9. The first kappa shape index (κ1) is 13.5. The molecule has 19 heavy (non-hydrogen) atoms. The van der Waals surface area contributed by atoms with E-state index in [9.17, 15) is 14.7 Å². The van der Waals surface area contributed by atoms with Crippen molar-refractivity contribution in [3.63, 3.8) is 0 Å². The minimum Gasteiger partial charge on any atom is -0.479 e. The molecule has 0 bridgehead atoms. The molecule has 0 saturated carbocycles. The van der Waals surface area contributed by atoms with Gasteiger partial charge in [-0.2, -0.15) is 0 Å². The normalized spacial score (nSPS) is 19.7. The molecule has 3 N–H and O–H groups in total. The molecular weight excluding hydrogens is 244 g/mol. The van der Waals surface area contributed by atoms with E-state index < -0.39 is 12.0 Å². The van der Waals surface area contributed by atoms with Crippen LogP contribution in [-0.4, -0.2) is 34.5 Å². The van der Waals surface area contributed by atoms with E-state index in [1.807, 2.05) is 12.1 Å². The van der Waals surface area contributed by atoms with Crippen LogP contribution in [0.4, 0.5) is 0 Å². The third-order valence-electron chi connectivity index (χ3n) is 3.33. The summed E-state index contributed by atoms with van der Waals surface area (Å²) in [6, 6.07) is 6.22. The molecule has 5 heteroatoms. The Morgan fingerprint density at radius 1 is 1.47 bits per heavy atom. The number of benzene rings is 1. The van der Waals surface area contributed by atoms with E-state index in [1.54, 1.807) is 19.1 Å². The Kier molecular flexibility index (Phi) is 3.85. The second kappa shape index (κ2) is 5.40.